The molecule has 0 aliphatic carbocycles. The highest BCUT2D eigenvalue weighted by atomic mass is 32.2. The highest BCUT2D eigenvalue weighted by molar-refractivity contribution is 8.00. The van der Waals surface area contributed by atoms with Crippen LogP contribution in [0.3, 0.4) is 0 Å². The largest absolute Gasteiger partial charge is 0.508 e. The second-order valence-electron chi connectivity index (χ2n) is 4.20. The minimum absolute atomic E-state index is 0.104. The first kappa shape index (κ1) is 10.5. The van der Waals surface area contributed by atoms with Crippen LogP contribution in [0, 0.1) is 6.92 Å². The molecule has 0 saturated heterocycles. The fourth-order valence-corrected chi connectivity index (χ4v) is 3.18. The molecule has 86 valence electrons. The van der Waals surface area contributed by atoms with Gasteiger partial charge in [0.05, 0.1) is 0 Å². The molecule has 0 radical (unpaired) electrons. The lowest BCUT2D eigenvalue weighted by Gasteiger charge is -2.13. The van der Waals surface area contributed by atoms with E-state index in [1.54, 1.807) is 17.8 Å². The maximum atomic E-state index is 9.92. The molecule has 2 aromatic carbocycles. The van der Waals surface area contributed by atoms with Crippen molar-refractivity contribution in [2.75, 3.05) is 5.32 Å². The van der Waals surface area contributed by atoms with Gasteiger partial charge in [-0.25, -0.2) is 0 Å². The van der Waals surface area contributed by atoms with E-state index in [1.165, 1.54) is 4.90 Å². The number of hydrogen-bond acceptors (Lipinski definition) is 3. The van der Waals surface area contributed by atoms with E-state index >= 15 is 0 Å². The van der Waals surface area contributed by atoms with Crippen molar-refractivity contribution in [2.45, 2.75) is 17.2 Å². The molecule has 1 heterocycles. The molecule has 0 saturated carbocycles. The summed E-state index contributed by atoms with van der Waals surface area (Å²) < 4.78 is 0. The van der Waals surface area contributed by atoms with Gasteiger partial charge in [-0.15, -0.1) is 0 Å². The van der Waals surface area contributed by atoms with E-state index in [0.717, 1.165) is 16.8 Å². The summed E-state index contributed by atoms with van der Waals surface area (Å²) in [5, 5.41) is 13.4. The number of hydrogen-bond donors (Lipinski definition) is 2. The number of para-hydroxylation sites is 1. The lowest BCUT2D eigenvalue weighted by Crippen LogP contribution is -2.01. The molecule has 0 aromatic heterocycles. The summed E-state index contributed by atoms with van der Waals surface area (Å²) in [6.07, 6.45) is 0. The Kier molecular flexibility index (Phi) is 2.48. The van der Waals surface area contributed by atoms with Crippen molar-refractivity contribution in [3.05, 3.63) is 53.6 Å². The van der Waals surface area contributed by atoms with Crippen LogP contribution in [0.15, 0.2) is 47.4 Å². The molecule has 1 aliphatic heterocycles. The number of nitrogens with one attached hydrogen (secondary N) is 1. The first-order valence-electron chi connectivity index (χ1n) is 5.56. The predicted octanol–water partition coefficient (Wildman–Crippen LogP) is 3.92. The summed E-state index contributed by atoms with van der Waals surface area (Å²) in [4.78, 5) is 1.23. The number of anilines is 1. The molecule has 2 nitrogen and oxygen atoms in total. The molecular formula is C14H13NOS. The predicted molar refractivity (Wildman–Crippen MR) is 71.5 cm³/mol. The number of phenols is 1. The van der Waals surface area contributed by atoms with E-state index in [2.05, 4.69) is 17.4 Å². The summed E-state index contributed by atoms with van der Waals surface area (Å²) >= 11 is 1.74. The lowest BCUT2D eigenvalue weighted by molar-refractivity contribution is 0.468. The average Bonchev–Trinajstić information content (AvgIpc) is 2.75. The Morgan fingerprint density at radius 3 is 2.82 bits per heavy atom. The highest BCUT2D eigenvalue weighted by Crippen LogP contribution is 2.48. The van der Waals surface area contributed by atoms with Crippen LogP contribution >= 0.6 is 11.8 Å². The van der Waals surface area contributed by atoms with Gasteiger partial charge >= 0.3 is 0 Å². The third-order valence-corrected chi connectivity index (χ3v) is 4.10. The van der Waals surface area contributed by atoms with Crippen LogP contribution in [0.1, 0.15) is 16.5 Å². The molecule has 2 N–H and O–H groups in total. The Balaban J connectivity index is 1.96. The fraction of sp³-hybridized carbons (Fsp3) is 0.143. The van der Waals surface area contributed by atoms with Crippen molar-refractivity contribution in [2.24, 2.45) is 0 Å². The Labute approximate surface area is 105 Å². The minimum atomic E-state index is 0.104. The Morgan fingerprint density at radius 1 is 1.18 bits per heavy atom. The van der Waals surface area contributed by atoms with E-state index in [0.29, 0.717) is 5.75 Å². The van der Waals surface area contributed by atoms with E-state index in [1.807, 2.05) is 31.2 Å². The summed E-state index contributed by atoms with van der Waals surface area (Å²) in [5.41, 5.74) is 3.26. The van der Waals surface area contributed by atoms with E-state index in [9.17, 15) is 5.11 Å². The molecule has 3 heteroatoms. The maximum Gasteiger partial charge on any atom is 0.121 e. The van der Waals surface area contributed by atoms with Gasteiger partial charge in [0.1, 0.15) is 11.1 Å². The Morgan fingerprint density at radius 2 is 2.00 bits per heavy atom. The van der Waals surface area contributed by atoms with Gasteiger partial charge < -0.3 is 10.4 Å². The minimum Gasteiger partial charge on any atom is -0.508 e. The first-order valence-corrected chi connectivity index (χ1v) is 6.44. The van der Waals surface area contributed by atoms with Gasteiger partial charge in [0, 0.05) is 16.1 Å². The summed E-state index contributed by atoms with van der Waals surface area (Å²) in [5.74, 6) is 0.355. The Bertz CT molecular complexity index is 543. The first-order chi connectivity index (χ1) is 8.24. The number of fused-ring (bicyclic) bond motifs is 1. The van der Waals surface area contributed by atoms with Crippen LogP contribution in [-0.4, -0.2) is 5.11 Å². The van der Waals surface area contributed by atoms with Crippen LogP contribution in [0.25, 0.3) is 0 Å². The third-order valence-electron chi connectivity index (χ3n) is 2.88. The van der Waals surface area contributed by atoms with Crippen molar-refractivity contribution in [3.63, 3.8) is 0 Å². The number of aryl methyl sites for hydroxylation is 1. The zero-order valence-corrected chi connectivity index (χ0v) is 10.3. The fourth-order valence-electron chi connectivity index (χ4n) is 2.01. The van der Waals surface area contributed by atoms with E-state index in [4.69, 9.17) is 0 Å². The van der Waals surface area contributed by atoms with Crippen LogP contribution in [-0.2, 0) is 0 Å². The molecule has 2 aromatic rings. The normalized spacial score (nSPS) is 17.6. The summed E-state index contributed by atoms with van der Waals surface area (Å²) in [7, 11) is 0. The zero-order chi connectivity index (χ0) is 11.8. The van der Waals surface area contributed by atoms with Crippen LogP contribution in [0.5, 0.6) is 5.75 Å². The van der Waals surface area contributed by atoms with E-state index in [-0.39, 0.29) is 5.37 Å². The summed E-state index contributed by atoms with van der Waals surface area (Å²) in [6.45, 7) is 2.04. The molecule has 0 bridgehead atoms. The summed E-state index contributed by atoms with van der Waals surface area (Å²) in [6, 6.07) is 13.9. The van der Waals surface area contributed by atoms with Gasteiger partial charge in [-0.1, -0.05) is 35.5 Å². The van der Waals surface area contributed by atoms with E-state index < -0.39 is 0 Å². The van der Waals surface area contributed by atoms with Gasteiger partial charge in [0.25, 0.3) is 0 Å². The van der Waals surface area contributed by atoms with Gasteiger partial charge in [0.2, 0.25) is 0 Å². The molecule has 1 atom stereocenters. The third kappa shape index (κ3) is 1.87. The number of rotatable bonds is 1. The average molecular weight is 243 g/mol. The van der Waals surface area contributed by atoms with Crippen LogP contribution in [0.4, 0.5) is 5.69 Å². The maximum absolute atomic E-state index is 9.92. The SMILES string of the molecule is Cc1ccc(O)c(C2Nc3ccccc3S2)c1. The molecule has 17 heavy (non-hydrogen) atoms. The van der Waals surface area contributed by atoms with Crippen molar-refractivity contribution in [3.8, 4) is 5.75 Å². The molecule has 0 spiro atoms. The van der Waals surface area contributed by atoms with Gasteiger partial charge in [-0.3, -0.25) is 0 Å². The zero-order valence-electron chi connectivity index (χ0n) is 9.47. The van der Waals surface area contributed by atoms with Gasteiger partial charge in [-0.2, -0.15) is 0 Å². The van der Waals surface area contributed by atoms with Crippen molar-refractivity contribution in [1.29, 1.82) is 0 Å². The van der Waals surface area contributed by atoms with Gasteiger partial charge in [0.15, 0.2) is 0 Å². The second-order valence-corrected chi connectivity index (χ2v) is 5.35. The monoisotopic (exact) mass is 243 g/mol. The number of benzene rings is 2. The Hall–Kier alpha value is -1.61. The second kappa shape index (κ2) is 4.00. The quantitative estimate of drug-likeness (QED) is 0.796. The number of aromatic hydroxyl groups is 1. The van der Waals surface area contributed by atoms with Crippen LogP contribution < -0.4 is 5.32 Å². The van der Waals surface area contributed by atoms with Crippen LogP contribution in [0.2, 0.25) is 0 Å². The van der Waals surface area contributed by atoms with Crippen molar-refractivity contribution >= 4 is 17.4 Å². The lowest BCUT2D eigenvalue weighted by atomic mass is 10.1. The molecule has 1 aliphatic rings. The number of thioether (sulfide) groups is 1. The van der Waals surface area contributed by atoms with Gasteiger partial charge in [-0.05, 0) is 31.2 Å². The molecule has 1 unspecified atom stereocenters. The molecular weight excluding hydrogens is 230 g/mol. The van der Waals surface area contributed by atoms with Crippen molar-refractivity contribution in [1.82, 2.24) is 0 Å². The molecule has 3 rings (SSSR count). The molecule has 0 fully saturated rings. The topological polar surface area (TPSA) is 32.3 Å². The highest BCUT2D eigenvalue weighted by Gasteiger charge is 2.24. The smallest absolute Gasteiger partial charge is 0.121 e. The van der Waals surface area contributed by atoms with Crippen molar-refractivity contribution < 1.29 is 5.11 Å². The molecule has 0 amide bonds. The number of phenolic OH excluding ortho intramolecular Hbond substituents is 1. The standard InChI is InChI=1S/C14H13NOS/c1-9-6-7-12(16)10(8-9)14-15-11-4-2-3-5-13(11)17-14/h2-8,14-16H,1H3.